The number of furan rings is 1. The molecular formula is C48H31NO2. The summed E-state index contributed by atoms with van der Waals surface area (Å²) in [4.78, 5) is 2.30. The zero-order valence-corrected chi connectivity index (χ0v) is 27.7. The highest BCUT2D eigenvalue weighted by molar-refractivity contribution is 6.09. The average molecular weight is 654 g/mol. The van der Waals surface area contributed by atoms with Crippen molar-refractivity contribution in [1.82, 2.24) is 0 Å². The van der Waals surface area contributed by atoms with Crippen LogP contribution in [0.25, 0.3) is 66.4 Å². The van der Waals surface area contributed by atoms with E-state index in [4.69, 9.17) is 9.15 Å². The minimum atomic E-state index is 0.870. The zero-order chi connectivity index (χ0) is 33.7. The van der Waals surface area contributed by atoms with Gasteiger partial charge in [-0.05, 0) is 88.5 Å². The van der Waals surface area contributed by atoms with Crippen molar-refractivity contribution < 1.29 is 9.15 Å². The number of anilines is 3. The summed E-state index contributed by atoms with van der Waals surface area (Å²) in [6, 6.07) is 66.1. The van der Waals surface area contributed by atoms with Gasteiger partial charge in [-0.15, -0.1) is 0 Å². The zero-order valence-electron chi connectivity index (χ0n) is 27.7. The van der Waals surface area contributed by atoms with Crippen LogP contribution in [0.2, 0.25) is 0 Å². The number of benzene rings is 8. The molecule has 0 fully saturated rings. The quantitative estimate of drug-likeness (QED) is 0.185. The molecule has 3 heteroatoms. The van der Waals surface area contributed by atoms with Crippen LogP contribution >= 0.6 is 0 Å². The fourth-order valence-corrected chi connectivity index (χ4v) is 7.45. The van der Waals surface area contributed by atoms with E-state index in [-0.39, 0.29) is 0 Å². The van der Waals surface area contributed by atoms with Gasteiger partial charge in [0, 0.05) is 44.5 Å². The van der Waals surface area contributed by atoms with E-state index in [0.29, 0.717) is 0 Å². The van der Waals surface area contributed by atoms with E-state index in [1.165, 1.54) is 11.1 Å². The molecule has 9 aromatic rings. The van der Waals surface area contributed by atoms with E-state index in [2.05, 4.69) is 157 Å². The first kappa shape index (κ1) is 29.1. The van der Waals surface area contributed by atoms with E-state index in [0.717, 1.165) is 83.9 Å². The normalized spacial score (nSPS) is 11.7. The molecule has 2 heterocycles. The first-order valence-electron chi connectivity index (χ1n) is 17.3. The lowest BCUT2D eigenvalue weighted by Crippen LogP contribution is -2.09. The molecular weight excluding hydrogens is 623 g/mol. The monoisotopic (exact) mass is 653 g/mol. The smallest absolute Gasteiger partial charge is 0.143 e. The molecule has 10 rings (SSSR count). The minimum absolute atomic E-state index is 0.870. The Bertz CT molecular complexity index is 2710. The molecule has 0 amide bonds. The van der Waals surface area contributed by atoms with E-state index in [1.54, 1.807) is 0 Å². The second-order valence-electron chi connectivity index (χ2n) is 12.9. The predicted molar refractivity (Wildman–Crippen MR) is 210 cm³/mol. The summed E-state index contributed by atoms with van der Waals surface area (Å²) in [5.41, 5.74) is 14.1. The Hall–Kier alpha value is -6.84. The molecule has 1 aliphatic rings. The van der Waals surface area contributed by atoms with Crippen molar-refractivity contribution in [1.29, 1.82) is 0 Å². The molecule has 0 bridgehead atoms. The fourth-order valence-electron chi connectivity index (χ4n) is 7.45. The van der Waals surface area contributed by atoms with Crippen molar-refractivity contribution in [2.45, 2.75) is 0 Å². The summed E-state index contributed by atoms with van der Waals surface area (Å²) >= 11 is 0. The Balaban J connectivity index is 1.02. The van der Waals surface area contributed by atoms with Crippen LogP contribution in [0.5, 0.6) is 11.5 Å². The first-order chi connectivity index (χ1) is 25.3. The van der Waals surface area contributed by atoms with Crippen molar-refractivity contribution in [3.05, 3.63) is 188 Å². The molecule has 0 radical (unpaired) electrons. The number of nitrogens with zero attached hydrogens (tertiary/aromatic N) is 1. The summed E-state index contributed by atoms with van der Waals surface area (Å²) in [7, 11) is 0. The van der Waals surface area contributed by atoms with Crippen molar-refractivity contribution in [2.75, 3.05) is 4.90 Å². The third-order valence-electron chi connectivity index (χ3n) is 9.91. The fraction of sp³-hybridized carbons (Fsp3) is 0. The van der Waals surface area contributed by atoms with Crippen LogP contribution < -0.4 is 9.64 Å². The van der Waals surface area contributed by atoms with Crippen molar-refractivity contribution in [3.63, 3.8) is 0 Å². The van der Waals surface area contributed by atoms with Gasteiger partial charge in [-0.2, -0.15) is 0 Å². The summed E-state index contributed by atoms with van der Waals surface area (Å²) in [6.07, 6.45) is 0. The Morgan fingerprint density at radius 3 is 1.63 bits per heavy atom. The van der Waals surface area contributed by atoms with Crippen molar-refractivity contribution >= 4 is 39.0 Å². The summed E-state index contributed by atoms with van der Waals surface area (Å²) in [5.74, 6) is 1.75. The van der Waals surface area contributed by atoms with Gasteiger partial charge in [0.25, 0.3) is 0 Å². The number of hydrogen-bond acceptors (Lipinski definition) is 3. The van der Waals surface area contributed by atoms with Gasteiger partial charge in [0.05, 0.1) is 0 Å². The van der Waals surface area contributed by atoms with Gasteiger partial charge in [-0.3, -0.25) is 0 Å². The topological polar surface area (TPSA) is 25.6 Å². The minimum Gasteiger partial charge on any atom is -0.456 e. The van der Waals surface area contributed by atoms with Crippen LogP contribution in [-0.4, -0.2) is 0 Å². The Kier molecular flexibility index (Phi) is 6.81. The molecule has 0 saturated heterocycles. The highest BCUT2D eigenvalue weighted by Gasteiger charge is 2.21. The maximum atomic E-state index is 6.41. The molecule has 0 saturated carbocycles. The van der Waals surface area contributed by atoms with Gasteiger partial charge < -0.3 is 14.1 Å². The second-order valence-corrected chi connectivity index (χ2v) is 12.9. The number of hydrogen-bond donors (Lipinski definition) is 0. The molecule has 0 unspecified atom stereocenters. The lowest BCUT2D eigenvalue weighted by Gasteiger charge is -2.26. The van der Waals surface area contributed by atoms with Crippen LogP contribution in [0.3, 0.4) is 0 Å². The third kappa shape index (κ3) is 4.98. The Labute approximate surface area is 296 Å². The molecule has 0 spiro atoms. The highest BCUT2D eigenvalue weighted by Crippen LogP contribution is 2.48. The van der Waals surface area contributed by atoms with Crippen LogP contribution in [-0.2, 0) is 0 Å². The number of fused-ring (bicyclic) bond motifs is 8. The summed E-state index contributed by atoms with van der Waals surface area (Å²) in [6.45, 7) is 0. The first-order valence-corrected chi connectivity index (χ1v) is 17.3. The summed E-state index contributed by atoms with van der Waals surface area (Å²) in [5, 5.41) is 2.27. The molecule has 1 aliphatic heterocycles. The van der Waals surface area contributed by atoms with Crippen LogP contribution in [0.15, 0.2) is 192 Å². The lowest BCUT2D eigenvalue weighted by molar-refractivity contribution is 0.488. The third-order valence-corrected chi connectivity index (χ3v) is 9.91. The van der Waals surface area contributed by atoms with Gasteiger partial charge in [0.15, 0.2) is 0 Å². The van der Waals surface area contributed by atoms with Gasteiger partial charge >= 0.3 is 0 Å². The standard InChI is InChI=1S/C48H31NO2/c1-2-11-35(12-3-1)49(37-28-23-33(24-29-37)38-16-10-17-43-41-14-5-9-20-47(41)51-48(38)43)36-26-21-32(22-27-36)34-25-30-39-40-13-4-7-18-45(40)50-46-19-8-6-15-42(46)44(39)31-34/h1-31H. The van der Waals surface area contributed by atoms with Gasteiger partial charge in [-0.1, -0.05) is 127 Å². The van der Waals surface area contributed by atoms with Gasteiger partial charge in [0.1, 0.15) is 22.7 Å². The molecule has 3 nitrogen and oxygen atoms in total. The molecule has 240 valence electrons. The maximum Gasteiger partial charge on any atom is 0.143 e. The van der Waals surface area contributed by atoms with Gasteiger partial charge in [-0.25, -0.2) is 0 Å². The lowest BCUT2D eigenvalue weighted by atomic mass is 9.91. The molecule has 0 N–H and O–H groups in total. The van der Waals surface area contributed by atoms with E-state index in [9.17, 15) is 0 Å². The summed E-state index contributed by atoms with van der Waals surface area (Å²) < 4.78 is 12.8. The molecule has 8 aromatic carbocycles. The molecule has 0 atom stereocenters. The van der Waals surface area contributed by atoms with Gasteiger partial charge in [0.2, 0.25) is 0 Å². The number of ether oxygens (including phenoxy) is 1. The SMILES string of the molecule is c1ccc(N(c2ccc(-c3ccc4c(c3)-c3ccccc3Oc3ccccc3-4)cc2)c2ccc(-c3cccc4c3oc3ccccc34)cc2)cc1. The van der Waals surface area contributed by atoms with E-state index < -0.39 is 0 Å². The average Bonchev–Trinajstić information content (AvgIpc) is 3.52. The maximum absolute atomic E-state index is 6.41. The van der Waals surface area contributed by atoms with Crippen LogP contribution in [0.4, 0.5) is 17.1 Å². The Morgan fingerprint density at radius 2 is 0.882 bits per heavy atom. The van der Waals surface area contributed by atoms with E-state index >= 15 is 0 Å². The molecule has 1 aromatic heterocycles. The number of rotatable bonds is 5. The van der Waals surface area contributed by atoms with Crippen molar-refractivity contribution in [3.8, 4) is 56.0 Å². The van der Waals surface area contributed by atoms with Crippen LogP contribution in [0.1, 0.15) is 0 Å². The van der Waals surface area contributed by atoms with Crippen molar-refractivity contribution in [2.24, 2.45) is 0 Å². The highest BCUT2D eigenvalue weighted by atomic mass is 16.5. The predicted octanol–water partition coefficient (Wildman–Crippen LogP) is 13.8. The molecule has 51 heavy (non-hydrogen) atoms. The number of para-hydroxylation sites is 5. The second kappa shape index (κ2) is 11.9. The molecule has 0 aliphatic carbocycles. The Morgan fingerprint density at radius 1 is 0.333 bits per heavy atom. The van der Waals surface area contributed by atoms with Crippen LogP contribution in [0, 0.1) is 0 Å². The van der Waals surface area contributed by atoms with E-state index in [1.807, 2.05) is 36.4 Å². The largest absolute Gasteiger partial charge is 0.456 e.